The molecule has 1 aromatic heterocycles. The SMILES string of the molecule is CC1CCC(C)N1C[C@@H]1CN(c2ccc(C#N)c3ncccc23)C[C@@H](C)O1. The van der Waals surface area contributed by atoms with Gasteiger partial charge in [0, 0.05) is 49.0 Å². The Kier molecular flexibility index (Phi) is 5.03. The minimum Gasteiger partial charge on any atom is -0.370 e. The van der Waals surface area contributed by atoms with E-state index in [2.05, 4.69) is 53.8 Å². The van der Waals surface area contributed by atoms with Gasteiger partial charge < -0.3 is 9.64 Å². The highest BCUT2D eigenvalue weighted by Crippen LogP contribution is 2.31. The number of anilines is 1. The van der Waals surface area contributed by atoms with Gasteiger partial charge in [-0.2, -0.15) is 5.26 Å². The third-order valence-electron chi connectivity index (χ3n) is 6.08. The molecule has 2 saturated heterocycles. The molecule has 4 rings (SSSR count). The molecule has 3 heterocycles. The van der Waals surface area contributed by atoms with Crippen molar-refractivity contribution >= 4 is 16.6 Å². The van der Waals surface area contributed by atoms with E-state index in [0.717, 1.165) is 36.2 Å². The molecular formula is C22H28N4O. The zero-order valence-corrected chi connectivity index (χ0v) is 16.4. The van der Waals surface area contributed by atoms with Gasteiger partial charge in [0.15, 0.2) is 0 Å². The number of morpholine rings is 1. The smallest absolute Gasteiger partial charge is 0.101 e. The second kappa shape index (κ2) is 7.46. The first-order valence-corrected chi connectivity index (χ1v) is 10.0. The van der Waals surface area contributed by atoms with Crippen molar-refractivity contribution in [2.24, 2.45) is 0 Å². The molecule has 0 N–H and O–H groups in total. The van der Waals surface area contributed by atoms with Crippen molar-refractivity contribution in [3.8, 4) is 6.07 Å². The minimum absolute atomic E-state index is 0.180. The summed E-state index contributed by atoms with van der Waals surface area (Å²) in [5.41, 5.74) is 2.57. The summed E-state index contributed by atoms with van der Waals surface area (Å²) in [6.45, 7) is 9.52. The van der Waals surface area contributed by atoms with E-state index in [9.17, 15) is 5.26 Å². The number of likely N-dealkylation sites (tertiary alicyclic amines) is 1. The lowest BCUT2D eigenvalue weighted by Crippen LogP contribution is -2.52. The van der Waals surface area contributed by atoms with E-state index < -0.39 is 0 Å². The number of hydrogen-bond donors (Lipinski definition) is 0. The number of nitriles is 1. The summed E-state index contributed by atoms with van der Waals surface area (Å²) < 4.78 is 6.30. The largest absolute Gasteiger partial charge is 0.370 e. The van der Waals surface area contributed by atoms with Gasteiger partial charge in [-0.3, -0.25) is 9.88 Å². The van der Waals surface area contributed by atoms with Crippen LogP contribution in [-0.4, -0.2) is 53.8 Å². The average Bonchev–Trinajstić information content (AvgIpc) is 2.98. The van der Waals surface area contributed by atoms with Crippen LogP contribution in [0.4, 0.5) is 5.69 Å². The van der Waals surface area contributed by atoms with E-state index in [1.165, 1.54) is 12.8 Å². The van der Waals surface area contributed by atoms with Crippen molar-refractivity contribution in [2.45, 2.75) is 57.9 Å². The number of ether oxygens (including phenoxy) is 1. The Balaban J connectivity index is 1.61. The Morgan fingerprint density at radius 1 is 1.15 bits per heavy atom. The standard InChI is InChI=1S/C22H28N4O/c1-15-6-7-16(2)26(15)14-19-13-25(12-17(3)27-19)21-9-8-18(11-23)22-20(21)5-4-10-24-22/h4-5,8-10,15-17,19H,6-7,12-14H2,1-3H3/t15?,16?,17-,19+/m1/s1. The van der Waals surface area contributed by atoms with Crippen LogP contribution in [0.2, 0.25) is 0 Å². The van der Waals surface area contributed by atoms with Gasteiger partial charge in [0.1, 0.15) is 6.07 Å². The van der Waals surface area contributed by atoms with E-state index >= 15 is 0 Å². The molecule has 27 heavy (non-hydrogen) atoms. The Hall–Kier alpha value is -2.16. The number of aromatic nitrogens is 1. The van der Waals surface area contributed by atoms with Crippen molar-refractivity contribution in [1.82, 2.24) is 9.88 Å². The van der Waals surface area contributed by atoms with E-state index in [1.54, 1.807) is 6.20 Å². The molecule has 2 unspecified atom stereocenters. The van der Waals surface area contributed by atoms with E-state index in [-0.39, 0.29) is 12.2 Å². The van der Waals surface area contributed by atoms with Gasteiger partial charge in [-0.25, -0.2) is 0 Å². The van der Waals surface area contributed by atoms with E-state index in [1.807, 2.05) is 12.1 Å². The second-order valence-corrected chi connectivity index (χ2v) is 8.09. The highest BCUT2D eigenvalue weighted by Gasteiger charge is 2.33. The Morgan fingerprint density at radius 2 is 1.93 bits per heavy atom. The number of fused-ring (bicyclic) bond motifs is 1. The fraction of sp³-hybridized carbons (Fsp3) is 0.545. The number of benzene rings is 1. The first kappa shape index (κ1) is 18.2. The van der Waals surface area contributed by atoms with Crippen molar-refractivity contribution in [3.05, 3.63) is 36.0 Å². The van der Waals surface area contributed by atoms with Crippen LogP contribution < -0.4 is 4.90 Å². The third-order valence-corrected chi connectivity index (χ3v) is 6.08. The molecule has 0 bridgehead atoms. The van der Waals surface area contributed by atoms with Crippen LogP contribution in [0.25, 0.3) is 10.9 Å². The van der Waals surface area contributed by atoms with E-state index in [4.69, 9.17) is 4.74 Å². The van der Waals surface area contributed by atoms with Gasteiger partial charge in [0.2, 0.25) is 0 Å². The maximum atomic E-state index is 9.40. The Bertz CT molecular complexity index is 851. The average molecular weight is 364 g/mol. The summed E-state index contributed by atoms with van der Waals surface area (Å²) in [5.74, 6) is 0. The first-order valence-electron chi connectivity index (χ1n) is 10.0. The van der Waals surface area contributed by atoms with Gasteiger partial charge in [-0.05, 0) is 57.9 Å². The topological polar surface area (TPSA) is 52.4 Å². The molecular weight excluding hydrogens is 336 g/mol. The van der Waals surface area contributed by atoms with Crippen LogP contribution in [0, 0.1) is 11.3 Å². The lowest BCUT2D eigenvalue weighted by molar-refractivity contribution is -0.0375. The zero-order valence-electron chi connectivity index (χ0n) is 16.4. The lowest BCUT2D eigenvalue weighted by Gasteiger charge is -2.41. The molecule has 2 fully saturated rings. The number of hydrogen-bond acceptors (Lipinski definition) is 5. The lowest BCUT2D eigenvalue weighted by atomic mass is 10.1. The van der Waals surface area contributed by atoms with Crippen LogP contribution in [0.5, 0.6) is 0 Å². The molecule has 1 aromatic carbocycles. The first-order chi connectivity index (χ1) is 13.1. The molecule has 2 aliphatic rings. The number of nitrogens with zero attached hydrogens (tertiary/aromatic N) is 4. The highest BCUT2D eigenvalue weighted by atomic mass is 16.5. The molecule has 5 nitrogen and oxygen atoms in total. The van der Waals surface area contributed by atoms with Gasteiger partial charge >= 0.3 is 0 Å². The fourth-order valence-corrected chi connectivity index (χ4v) is 4.71. The third kappa shape index (κ3) is 3.52. The number of pyridine rings is 1. The maximum Gasteiger partial charge on any atom is 0.101 e. The Morgan fingerprint density at radius 3 is 2.67 bits per heavy atom. The quantitative estimate of drug-likeness (QED) is 0.833. The van der Waals surface area contributed by atoms with E-state index in [0.29, 0.717) is 17.6 Å². The molecule has 4 atom stereocenters. The van der Waals surface area contributed by atoms with Crippen molar-refractivity contribution in [3.63, 3.8) is 0 Å². The van der Waals surface area contributed by atoms with Gasteiger partial charge in [0.25, 0.3) is 0 Å². The van der Waals surface area contributed by atoms with Crippen LogP contribution in [0.3, 0.4) is 0 Å². The minimum atomic E-state index is 0.180. The van der Waals surface area contributed by atoms with Crippen LogP contribution in [0.15, 0.2) is 30.5 Å². The normalized spacial score (nSPS) is 29.2. The summed E-state index contributed by atoms with van der Waals surface area (Å²) in [7, 11) is 0. The summed E-state index contributed by atoms with van der Waals surface area (Å²) >= 11 is 0. The zero-order chi connectivity index (χ0) is 19.0. The fourth-order valence-electron chi connectivity index (χ4n) is 4.71. The van der Waals surface area contributed by atoms with Crippen molar-refractivity contribution in [1.29, 1.82) is 5.26 Å². The Labute approximate surface area is 161 Å². The molecule has 0 spiro atoms. The summed E-state index contributed by atoms with van der Waals surface area (Å²) in [6, 6.07) is 11.5. The molecule has 2 aliphatic heterocycles. The van der Waals surface area contributed by atoms with Gasteiger partial charge in [-0.15, -0.1) is 0 Å². The molecule has 2 aromatic rings. The molecule has 0 saturated carbocycles. The second-order valence-electron chi connectivity index (χ2n) is 8.09. The predicted octanol–water partition coefficient (Wildman–Crippen LogP) is 3.57. The van der Waals surface area contributed by atoms with Crippen molar-refractivity contribution in [2.75, 3.05) is 24.5 Å². The molecule has 0 amide bonds. The molecule has 142 valence electrons. The van der Waals surface area contributed by atoms with Gasteiger partial charge in [-0.1, -0.05) is 0 Å². The summed E-state index contributed by atoms with van der Waals surface area (Å²) in [6.07, 6.45) is 4.69. The summed E-state index contributed by atoms with van der Waals surface area (Å²) in [5, 5.41) is 10.4. The predicted molar refractivity (Wildman–Crippen MR) is 108 cm³/mol. The number of rotatable bonds is 3. The molecule has 0 aliphatic carbocycles. The summed E-state index contributed by atoms with van der Waals surface area (Å²) in [4.78, 5) is 9.47. The van der Waals surface area contributed by atoms with Crippen LogP contribution in [0.1, 0.15) is 39.2 Å². The van der Waals surface area contributed by atoms with Crippen molar-refractivity contribution < 1.29 is 4.74 Å². The van der Waals surface area contributed by atoms with Crippen LogP contribution >= 0.6 is 0 Å². The van der Waals surface area contributed by atoms with Gasteiger partial charge in [0.05, 0.1) is 23.3 Å². The van der Waals surface area contributed by atoms with Crippen LogP contribution in [-0.2, 0) is 4.74 Å². The molecule has 5 heteroatoms. The maximum absolute atomic E-state index is 9.40. The monoisotopic (exact) mass is 364 g/mol. The molecule has 0 radical (unpaired) electrons. The highest BCUT2D eigenvalue weighted by molar-refractivity contribution is 5.95.